The molecule has 2 aromatic rings. The fourth-order valence-corrected chi connectivity index (χ4v) is 2.36. The highest BCUT2D eigenvalue weighted by molar-refractivity contribution is 5.78. The molecule has 2 heterocycles. The maximum atomic E-state index is 5.82. The zero-order valence-electron chi connectivity index (χ0n) is 10.5. The molecular formula is C15H18N2O. The smallest absolute Gasteiger partial charge is 0.0936 e. The van der Waals surface area contributed by atoms with Crippen LogP contribution in [-0.2, 0) is 11.4 Å². The molecule has 1 fully saturated rings. The topological polar surface area (TPSA) is 25.4 Å². The van der Waals surface area contributed by atoms with Crippen LogP contribution in [0.4, 0.5) is 0 Å². The molecule has 0 radical (unpaired) electrons. The van der Waals surface area contributed by atoms with E-state index in [1.165, 1.54) is 30.2 Å². The average molecular weight is 242 g/mol. The molecule has 3 nitrogen and oxygen atoms in total. The molecule has 0 amide bonds. The van der Waals surface area contributed by atoms with Crippen LogP contribution in [0.15, 0.2) is 36.5 Å². The van der Waals surface area contributed by atoms with Crippen LogP contribution in [0.3, 0.4) is 0 Å². The Morgan fingerprint density at radius 1 is 1.11 bits per heavy atom. The zero-order chi connectivity index (χ0) is 12.2. The second kappa shape index (κ2) is 5.46. The molecule has 0 saturated carbocycles. The molecule has 1 aliphatic rings. The predicted octanol–water partition coefficient (Wildman–Crippen LogP) is 3.15. The van der Waals surface area contributed by atoms with Gasteiger partial charge in [0.15, 0.2) is 0 Å². The van der Waals surface area contributed by atoms with Gasteiger partial charge in [-0.05, 0) is 30.5 Å². The summed E-state index contributed by atoms with van der Waals surface area (Å²) in [7, 11) is 0. The summed E-state index contributed by atoms with van der Waals surface area (Å²) in [4.78, 5) is 10.2. The third-order valence-corrected chi connectivity index (χ3v) is 3.40. The highest BCUT2D eigenvalue weighted by Crippen LogP contribution is 2.15. The molecule has 1 aromatic heterocycles. The van der Waals surface area contributed by atoms with Gasteiger partial charge in [0.05, 0.1) is 12.1 Å². The van der Waals surface area contributed by atoms with Gasteiger partial charge in [0.25, 0.3) is 0 Å². The van der Waals surface area contributed by atoms with Crippen LogP contribution >= 0.6 is 0 Å². The molecule has 0 N–H and O–H groups in total. The van der Waals surface area contributed by atoms with Crippen LogP contribution in [0.5, 0.6) is 0 Å². The highest BCUT2D eigenvalue weighted by Gasteiger charge is 2.10. The third-order valence-electron chi connectivity index (χ3n) is 3.40. The maximum Gasteiger partial charge on any atom is 0.0936 e. The van der Waals surface area contributed by atoms with Crippen molar-refractivity contribution in [2.24, 2.45) is 0 Å². The van der Waals surface area contributed by atoms with Crippen LogP contribution in [0.1, 0.15) is 24.8 Å². The third kappa shape index (κ3) is 2.68. The van der Waals surface area contributed by atoms with E-state index in [0.29, 0.717) is 6.61 Å². The Balaban J connectivity index is 1.66. The van der Waals surface area contributed by atoms with E-state index < -0.39 is 0 Å². The largest absolute Gasteiger partial charge is 0.294 e. The summed E-state index contributed by atoms with van der Waals surface area (Å²) in [6.45, 7) is 2.77. The maximum absolute atomic E-state index is 5.82. The summed E-state index contributed by atoms with van der Waals surface area (Å²) in [6.07, 6.45) is 5.66. The highest BCUT2D eigenvalue weighted by atomic mass is 16.7. The first kappa shape index (κ1) is 11.6. The van der Waals surface area contributed by atoms with Crippen molar-refractivity contribution in [3.63, 3.8) is 0 Å². The van der Waals surface area contributed by atoms with Crippen LogP contribution in [0.25, 0.3) is 10.9 Å². The second-order valence-corrected chi connectivity index (χ2v) is 4.79. The van der Waals surface area contributed by atoms with Crippen molar-refractivity contribution in [2.45, 2.75) is 25.9 Å². The summed E-state index contributed by atoms with van der Waals surface area (Å²) < 4.78 is 0. The van der Waals surface area contributed by atoms with Gasteiger partial charge in [-0.1, -0.05) is 24.6 Å². The minimum Gasteiger partial charge on any atom is -0.294 e. The van der Waals surface area contributed by atoms with Gasteiger partial charge in [0, 0.05) is 24.7 Å². The number of benzene rings is 1. The first-order valence-electron chi connectivity index (χ1n) is 6.63. The first-order valence-corrected chi connectivity index (χ1v) is 6.63. The van der Waals surface area contributed by atoms with Crippen molar-refractivity contribution < 1.29 is 4.84 Å². The van der Waals surface area contributed by atoms with E-state index in [1.54, 1.807) is 0 Å². The van der Waals surface area contributed by atoms with E-state index in [4.69, 9.17) is 4.84 Å². The lowest BCUT2D eigenvalue weighted by Crippen LogP contribution is -2.29. The molecule has 0 aliphatic carbocycles. The number of hydrogen-bond donors (Lipinski definition) is 0. The van der Waals surface area contributed by atoms with Crippen molar-refractivity contribution in [2.75, 3.05) is 13.1 Å². The molecule has 3 rings (SSSR count). The van der Waals surface area contributed by atoms with Gasteiger partial charge in [0.2, 0.25) is 0 Å². The van der Waals surface area contributed by atoms with Gasteiger partial charge in [-0.2, -0.15) is 5.06 Å². The van der Waals surface area contributed by atoms with Gasteiger partial charge >= 0.3 is 0 Å². The number of nitrogens with zero attached hydrogens (tertiary/aromatic N) is 2. The van der Waals surface area contributed by atoms with Gasteiger partial charge < -0.3 is 0 Å². The molecular weight excluding hydrogens is 224 g/mol. The SMILES string of the molecule is c1cnc2cc(CON3CCCCC3)ccc2c1. The quantitative estimate of drug-likeness (QED) is 0.826. The van der Waals surface area contributed by atoms with E-state index in [-0.39, 0.29) is 0 Å². The van der Waals surface area contributed by atoms with Crippen molar-refractivity contribution >= 4 is 10.9 Å². The van der Waals surface area contributed by atoms with Crippen LogP contribution in [0, 0.1) is 0 Å². The van der Waals surface area contributed by atoms with Crippen LogP contribution in [0.2, 0.25) is 0 Å². The minimum absolute atomic E-state index is 0.645. The molecule has 3 heteroatoms. The summed E-state index contributed by atoms with van der Waals surface area (Å²) >= 11 is 0. The van der Waals surface area contributed by atoms with Crippen molar-refractivity contribution in [1.82, 2.24) is 10.0 Å². The van der Waals surface area contributed by atoms with Crippen molar-refractivity contribution in [3.05, 3.63) is 42.1 Å². The first-order chi connectivity index (χ1) is 8.92. The normalized spacial score (nSPS) is 17.1. The van der Waals surface area contributed by atoms with Gasteiger partial charge in [-0.15, -0.1) is 0 Å². The number of fused-ring (bicyclic) bond motifs is 1. The Morgan fingerprint density at radius 3 is 2.89 bits per heavy atom. The minimum atomic E-state index is 0.645. The predicted molar refractivity (Wildman–Crippen MR) is 72.0 cm³/mol. The lowest BCUT2D eigenvalue weighted by Gasteiger charge is -2.25. The van der Waals surface area contributed by atoms with E-state index in [0.717, 1.165) is 18.6 Å². The number of piperidine rings is 1. The average Bonchev–Trinajstić information content (AvgIpc) is 2.46. The van der Waals surface area contributed by atoms with E-state index in [1.807, 2.05) is 12.3 Å². The summed E-state index contributed by atoms with van der Waals surface area (Å²) in [5.41, 5.74) is 2.23. The van der Waals surface area contributed by atoms with E-state index in [9.17, 15) is 0 Å². The summed E-state index contributed by atoms with van der Waals surface area (Å²) in [5.74, 6) is 0. The van der Waals surface area contributed by atoms with Crippen molar-refractivity contribution in [1.29, 1.82) is 0 Å². The molecule has 94 valence electrons. The Hall–Kier alpha value is -1.45. The summed E-state index contributed by atoms with van der Waals surface area (Å²) in [6, 6.07) is 10.4. The molecule has 0 bridgehead atoms. The van der Waals surface area contributed by atoms with Crippen molar-refractivity contribution in [3.8, 4) is 0 Å². The Morgan fingerprint density at radius 2 is 2.00 bits per heavy atom. The number of pyridine rings is 1. The number of hydrogen-bond acceptors (Lipinski definition) is 3. The monoisotopic (exact) mass is 242 g/mol. The van der Waals surface area contributed by atoms with Crippen LogP contribution < -0.4 is 0 Å². The Labute approximate surface area is 107 Å². The van der Waals surface area contributed by atoms with Crippen LogP contribution in [-0.4, -0.2) is 23.1 Å². The second-order valence-electron chi connectivity index (χ2n) is 4.79. The van der Waals surface area contributed by atoms with Gasteiger partial charge in [-0.25, -0.2) is 0 Å². The fraction of sp³-hybridized carbons (Fsp3) is 0.400. The van der Waals surface area contributed by atoms with Gasteiger partial charge in [-0.3, -0.25) is 9.82 Å². The molecule has 1 saturated heterocycles. The van der Waals surface area contributed by atoms with Gasteiger partial charge in [0.1, 0.15) is 0 Å². The zero-order valence-corrected chi connectivity index (χ0v) is 10.5. The summed E-state index contributed by atoms with van der Waals surface area (Å²) in [5, 5.41) is 3.27. The molecule has 1 aliphatic heterocycles. The molecule has 0 atom stereocenters. The molecule has 1 aromatic carbocycles. The van der Waals surface area contributed by atoms with E-state index >= 15 is 0 Å². The Bertz CT molecular complexity index is 521. The molecule has 0 unspecified atom stereocenters. The molecule has 0 spiro atoms. The Kier molecular flexibility index (Phi) is 3.53. The fourth-order valence-electron chi connectivity index (χ4n) is 2.36. The standard InChI is InChI=1S/C15H18N2O/c1-2-9-17(10-3-1)18-12-13-6-7-14-5-4-8-16-15(14)11-13/h4-8,11H,1-3,9-10,12H2. The lowest BCUT2D eigenvalue weighted by molar-refractivity contribution is -0.178. The lowest BCUT2D eigenvalue weighted by atomic mass is 10.1. The number of aromatic nitrogens is 1. The number of rotatable bonds is 3. The molecule has 18 heavy (non-hydrogen) atoms. The van der Waals surface area contributed by atoms with E-state index in [2.05, 4.69) is 34.3 Å². The number of hydroxylamine groups is 2.